The Balaban J connectivity index is 2.10. The third kappa shape index (κ3) is 2.41. The van der Waals surface area contributed by atoms with E-state index < -0.39 is 4.92 Å². The predicted molar refractivity (Wildman–Crippen MR) is 61.7 cm³/mol. The summed E-state index contributed by atoms with van der Waals surface area (Å²) in [7, 11) is 0. The molecule has 1 N–H and O–H groups in total. The van der Waals surface area contributed by atoms with Crippen molar-refractivity contribution < 1.29 is 4.92 Å². The minimum atomic E-state index is -0.456. The van der Waals surface area contributed by atoms with E-state index in [1.54, 1.807) is 0 Å². The van der Waals surface area contributed by atoms with Gasteiger partial charge in [0.05, 0.1) is 4.92 Å². The Kier molecular flexibility index (Phi) is 2.96. The molecule has 0 saturated heterocycles. The highest BCUT2D eigenvalue weighted by Crippen LogP contribution is 2.38. The summed E-state index contributed by atoms with van der Waals surface area (Å²) < 4.78 is 0. The van der Waals surface area contributed by atoms with Gasteiger partial charge < -0.3 is 5.32 Å². The number of nitrogens with zero attached hydrogens (tertiary/aromatic N) is 2. The predicted octanol–water partition coefficient (Wildman–Crippen LogP) is 2.71. The number of nitrogens with one attached hydrogen (secondary N) is 1. The lowest BCUT2D eigenvalue weighted by atomic mass is 10.3. The van der Waals surface area contributed by atoms with Crippen molar-refractivity contribution in [3.05, 3.63) is 27.4 Å². The molecule has 1 fully saturated rings. The minimum absolute atomic E-state index is 0.0299. The lowest BCUT2D eigenvalue weighted by Crippen LogP contribution is -2.08. The zero-order valence-corrected chi connectivity index (χ0v) is 9.57. The van der Waals surface area contributed by atoms with E-state index in [0.29, 0.717) is 11.8 Å². The van der Waals surface area contributed by atoms with E-state index in [9.17, 15) is 10.1 Å². The molecule has 0 aliphatic heterocycles. The fourth-order valence-electron chi connectivity index (χ4n) is 1.62. The first-order valence-electron chi connectivity index (χ1n) is 5.12. The van der Waals surface area contributed by atoms with Gasteiger partial charge in [-0.25, -0.2) is 4.98 Å². The van der Waals surface area contributed by atoms with Gasteiger partial charge >= 0.3 is 5.69 Å². The molecule has 1 heterocycles. The van der Waals surface area contributed by atoms with Crippen molar-refractivity contribution >= 4 is 23.1 Å². The third-order valence-electron chi connectivity index (χ3n) is 2.84. The lowest BCUT2D eigenvalue weighted by Gasteiger charge is -2.05. The molecule has 1 saturated carbocycles. The van der Waals surface area contributed by atoms with Gasteiger partial charge in [-0.3, -0.25) is 10.1 Å². The first-order chi connectivity index (χ1) is 7.58. The SMILES string of the molecule is CC1CC1CNc1nc(Cl)ccc1[N+](=O)[O-]. The summed E-state index contributed by atoms with van der Waals surface area (Å²) >= 11 is 5.71. The van der Waals surface area contributed by atoms with Crippen LogP contribution in [0.5, 0.6) is 0 Å². The Morgan fingerprint density at radius 2 is 2.38 bits per heavy atom. The van der Waals surface area contributed by atoms with Crippen molar-refractivity contribution in [3.8, 4) is 0 Å². The van der Waals surface area contributed by atoms with Crippen LogP contribution in [0.25, 0.3) is 0 Å². The van der Waals surface area contributed by atoms with Crippen LogP contribution in [0.4, 0.5) is 11.5 Å². The molecule has 1 aromatic rings. The Morgan fingerprint density at radius 3 is 2.94 bits per heavy atom. The molecule has 2 unspecified atom stereocenters. The molecule has 2 atom stereocenters. The molecule has 0 amide bonds. The summed E-state index contributed by atoms with van der Waals surface area (Å²) in [6.45, 7) is 2.88. The Morgan fingerprint density at radius 1 is 1.69 bits per heavy atom. The summed E-state index contributed by atoms with van der Waals surface area (Å²) in [5.41, 5.74) is -0.0299. The highest BCUT2D eigenvalue weighted by molar-refractivity contribution is 6.29. The Labute approximate surface area is 98.0 Å². The van der Waals surface area contributed by atoms with Gasteiger partial charge in [-0.1, -0.05) is 18.5 Å². The van der Waals surface area contributed by atoms with Crippen molar-refractivity contribution in [2.75, 3.05) is 11.9 Å². The van der Waals surface area contributed by atoms with E-state index in [1.165, 1.54) is 18.6 Å². The fraction of sp³-hybridized carbons (Fsp3) is 0.500. The van der Waals surface area contributed by atoms with Gasteiger partial charge in [-0.15, -0.1) is 0 Å². The van der Waals surface area contributed by atoms with Crippen LogP contribution < -0.4 is 5.32 Å². The van der Waals surface area contributed by atoms with E-state index in [0.717, 1.165) is 6.54 Å². The number of rotatable bonds is 4. The van der Waals surface area contributed by atoms with E-state index in [2.05, 4.69) is 17.2 Å². The van der Waals surface area contributed by atoms with Gasteiger partial charge in [0.1, 0.15) is 5.15 Å². The third-order valence-corrected chi connectivity index (χ3v) is 3.06. The topological polar surface area (TPSA) is 68.1 Å². The molecule has 0 spiro atoms. The molecule has 5 nitrogen and oxygen atoms in total. The number of hydrogen-bond donors (Lipinski definition) is 1. The van der Waals surface area contributed by atoms with Crippen LogP contribution in [0.2, 0.25) is 5.15 Å². The molecule has 0 bridgehead atoms. The number of pyridine rings is 1. The summed E-state index contributed by atoms with van der Waals surface area (Å²) in [5.74, 6) is 1.56. The van der Waals surface area contributed by atoms with Gasteiger partial charge in [-0.05, 0) is 24.3 Å². The average molecular weight is 242 g/mol. The largest absolute Gasteiger partial charge is 0.364 e. The second kappa shape index (κ2) is 4.25. The molecule has 0 aromatic carbocycles. The molecular formula is C10H12ClN3O2. The highest BCUT2D eigenvalue weighted by Gasteiger charge is 2.32. The van der Waals surface area contributed by atoms with Crippen LogP contribution in [0.3, 0.4) is 0 Å². The zero-order chi connectivity index (χ0) is 11.7. The van der Waals surface area contributed by atoms with Crippen LogP contribution in [-0.2, 0) is 0 Å². The summed E-state index contributed by atoms with van der Waals surface area (Å²) in [5, 5.41) is 14.0. The van der Waals surface area contributed by atoms with Crippen molar-refractivity contribution in [2.45, 2.75) is 13.3 Å². The van der Waals surface area contributed by atoms with Crippen molar-refractivity contribution in [1.82, 2.24) is 4.98 Å². The van der Waals surface area contributed by atoms with Gasteiger partial charge in [0.2, 0.25) is 5.82 Å². The van der Waals surface area contributed by atoms with Crippen LogP contribution in [0.1, 0.15) is 13.3 Å². The molecule has 6 heteroatoms. The molecule has 86 valence electrons. The molecule has 1 aromatic heterocycles. The van der Waals surface area contributed by atoms with E-state index in [-0.39, 0.29) is 16.7 Å². The van der Waals surface area contributed by atoms with Gasteiger partial charge in [0.15, 0.2) is 0 Å². The zero-order valence-electron chi connectivity index (χ0n) is 8.81. The van der Waals surface area contributed by atoms with Crippen LogP contribution >= 0.6 is 11.6 Å². The van der Waals surface area contributed by atoms with E-state index in [4.69, 9.17) is 11.6 Å². The average Bonchev–Trinajstić information content (AvgIpc) is 2.91. The number of aromatic nitrogens is 1. The molecule has 1 aliphatic rings. The monoisotopic (exact) mass is 241 g/mol. The number of halogens is 1. The Hall–Kier alpha value is -1.36. The second-order valence-corrected chi connectivity index (χ2v) is 4.50. The van der Waals surface area contributed by atoms with Gasteiger partial charge in [0.25, 0.3) is 0 Å². The fourth-order valence-corrected chi connectivity index (χ4v) is 1.76. The van der Waals surface area contributed by atoms with E-state index in [1.807, 2.05) is 0 Å². The normalized spacial score (nSPS) is 22.9. The maximum absolute atomic E-state index is 10.7. The van der Waals surface area contributed by atoms with Crippen LogP contribution in [0, 0.1) is 22.0 Å². The molecule has 2 rings (SSSR count). The number of anilines is 1. The molecule has 1 aliphatic carbocycles. The van der Waals surface area contributed by atoms with E-state index >= 15 is 0 Å². The standard InChI is InChI=1S/C10H12ClN3O2/c1-6-4-7(6)5-12-10-8(14(15)16)2-3-9(11)13-10/h2-3,6-7H,4-5H2,1H3,(H,12,13). The Bertz CT molecular complexity index is 425. The van der Waals surface area contributed by atoms with Gasteiger partial charge in [-0.2, -0.15) is 0 Å². The first kappa shape index (κ1) is 11.1. The highest BCUT2D eigenvalue weighted by atomic mass is 35.5. The minimum Gasteiger partial charge on any atom is -0.364 e. The number of hydrogen-bond acceptors (Lipinski definition) is 4. The molecular weight excluding hydrogens is 230 g/mol. The van der Waals surface area contributed by atoms with Crippen molar-refractivity contribution in [2.24, 2.45) is 11.8 Å². The van der Waals surface area contributed by atoms with Crippen LogP contribution in [-0.4, -0.2) is 16.5 Å². The number of nitro groups is 1. The maximum atomic E-state index is 10.7. The second-order valence-electron chi connectivity index (χ2n) is 4.11. The smallest absolute Gasteiger partial charge is 0.311 e. The molecule has 0 radical (unpaired) electrons. The van der Waals surface area contributed by atoms with Crippen molar-refractivity contribution in [1.29, 1.82) is 0 Å². The van der Waals surface area contributed by atoms with Gasteiger partial charge in [0, 0.05) is 12.6 Å². The van der Waals surface area contributed by atoms with Crippen molar-refractivity contribution in [3.63, 3.8) is 0 Å². The summed E-state index contributed by atoms with van der Waals surface area (Å²) in [6.07, 6.45) is 1.17. The first-order valence-corrected chi connectivity index (χ1v) is 5.50. The van der Waals surface area contributed by atoms with Crippen LogP contribution in [0.15, 0.2) is 12.1 Å². The molecule has 16 heavy (non-hydrogen) atoms. The maximum Gasteiger partial charge on any atom is 0.311 e. The lowest BCUT2D eigenvalue weighted by molar-refractivity contribution is -0.384. The summed E-state index contributed by atoms with van der Waals surface area (Å²) in [4.78, 5) is 14.2. The summed E-state index contributed by atoms with van der Waals surface area (Å²) in [6, 6.07) is 2.79. The quantitative estimate of drug-likeness (QED) is 0.500.